The number of carbonyl (C=O) groups excluding carboxylic acids is 1. The Morgan fingerprint density at radius 3 is 2.68 bits per heavy atom. The van der Waals surface area contributed by atoms with Crippen LogP contribution >= 0.6 is 0 Å². The molecule has 1 fully saturated rings. The third-order valence-electron chi connectivity index (χ3n) is 4.62. The van der Waals surface area contributed by atoms with E-state index in [0.717, 1.165) is 25.8 Å². The zero-order chi connectivity index (χ0) is 15.4. The first-order valence-corrected chi connectivity index (χ1v) is 8.11. The lowest BCUT2D eigenvalue weighted by molar-refractivity contribution is -0.124. The van der Waals surface area contributed by atoms with Crippen LogP contribution in [0, 0.1) is 5.92 Å². The van der Waals surface area contributed by atoms with Crippen LogP contribution in [-0.2, 0) is 11.3 Å². The smallest absolute Gasteiger partial charge is 0.223 e. The molecule has 1 aromatic carbocycles. The number of carbonyl (C=O) groups is 1. The molecule has 0 spiro atoms. The first kappa shape index (κ1) is 15.3. The number of hydrogen-bond donors (Lipinski definition) is 2. The Balaban J connectivity index is 1.53. The van der Waals surface area contributed by atoms with Gasteiger partial charge in [-0.3, -0.25) is 9.69 Å². The summed E-state index contributed by atoms with van der Waals surface area (Å²) >= 11 is 0. The normalized spacial score (nSPS) is 25.7. The van der Waals surface area contributed by atoms with Gasteiger partial charge in [-0.1, -0.05) is 42.5 Å². The quantitative estimate of drug-likeness (QED) is 0.814. The molecule has 2 aliphatic rings. The molecule has 2 atom stereocenters. The number of nitrogens with one attached hydrogen (secondary N) is 1. The Bertz CT molecular complexity index is 521. The van der Waals surface area contributed by atoms with Gasteiger partial charge in [0, 0.05) is 31.6 Å². The van der Waals surface area contributed by atoms with E-state index in [2.05, 4.69) is 34.5 Å². The largest absolute Gasteiger partial charge is 0.392 e. The molecule has 0 bridgehead atoms. The van der Waals surface area contributed by atoms with Gasteiger partial charge in [-0.15, -0.1) is 0 Å². The van der Waals surface area contributed by atoms with E-state index < -0.39 is 0 Å². The average molecular weight is 300 g/mol. The predicted molar refractivity (Wildman–Crippen MR) is 86.1 cm³/mol. The third-order valence-corrected chi connectivity index (χ3v) is 4.62. The Hall–Kier alpha value is -1.65. The van der Waals surface area contributed by atoms with Crippen LogP contribution in [0.3, 0.4) is 0 Å². The number of rotatable bonds is 5. The van der Waals surface area contributed by atoms with Crippen LogP contribution in [0.5, 0.6) is 0 Å². The molecule has 1 heterocycles. The fraction of sp³-hybridized carbons (Fsp3) is 0.500. The highest BCUT2D eigenvalue weighted by Crippen LogP contribution is 2.21. The summed E-state index contributed by atoms with van der Waals surface area (Å²) in [4.78, 5) is 14.4. The highest BCUT2D eigenvalue weighted by molar-refractivity contribution is 5.79. The molecule has 0 aromatic heterocycles. The highest BCUT2D eigenvalue weighted by atomic mass is 16.3. The summed E-state index contributed by atoms with van der Waals surface area (Å²) in [6.07, 6.45) is 6.30. The first-order valence-electron chi connectivity index (χ1n) is 8.11. The van der Waals surface area contributed by atoms with Crippen molar-refractivity contribution in [3.63, 3.8) is 0 Å². The van der Waals surface area contributed by atoms with Crippen molar-refractivity contribution in [2.45, 2.75) is 38.0 Å². The third kappa shape index (κ3) is 3.76. The summed E-state index contributed by atoms with van der Waals surface area (Å²) in [6.45, 7) is 2.13. The standard InChI is InChI=1S/C18H24N2O2/c21-17-10-16(11-19-18(22)15-8-4-5-9-15)20(13-17)12-14-6-2-1-3-7-14/h1-7,15-17,21H,8-13H2,(H,19,22). The van der Waals surface area contributed by atoms with E-state index in [0.29, 0.717) is 13.1 Å². The van der Waals surface area contributed by atoms with Gasteiger partial charge in [-0.05, 0) is 24.8 Å². The van der Waals surface area contributed by atoms with Crippen LogP contribution in [-0.4, -0.2) is 41.1 Å². The minimum Gasteiger partial charge on any atom is -0.392 e. The van der Waals surface area contributed by atoms with Crippen molar-refractivity contribution in [3.05, 3.63) is 48.0 Å². The van der Waals surface area contributed by atoms with Gasteiger partial charge >= 0.3 is 0 Å². The van der Waals surface area contributed by atoms with Crippen LogP contribution < -0.4 is 5.32 Å². The molecule has 2 N–H and O–H groups in total. The molecule has 1 aromatic rings. The van der Waals surface area contributed by atoms with Gasteiger partial charge in [-0.25, -0.2) is 0 Å². The van der Waals surface area contributed by atoms with E-state index >= 15 is 0 Å². The van der Waals surface area contributed by atoms with E-state index in [9.17, 15) is 9.90 Å². The Kier molecular flexibility index (Phi) is 4.90. The lowest BCUT2D eigenvalue weighted by atomic mass is 10.1. The Labute approximate surface area is 131 Å². The van der Waals surface area contributed by atoms with Crippen molar-refractivity contribution < 1.29 is 9.90 Å². The molecule has 22 heavy (non-hydrogen) atoms. The number of β-amino-alcohol motifs (C(OH)–C–C–N with tert-alkyl or cyclic N) is 1. The zero-order valence-corrected chi connectivity index (χ0v) is 12.8. The van der Waals surface area contributed by atoms with Crippen LogP contribution in [0.1, 0.15) is 24.8 Å². The van der Waals surface area contributed by atoms with Crippen molar-refractivity contribution in [2.75, 3.05) is 13.1 Å². The monoisotopic (exact) mass is 300 g/mol. The fourth-order valence-corrected chi connectivity index (χ4v) is 3.38. The van der Waals surface area contributed by atoms with Crippen molar-refractivity contribution in [3.8, 4) is 0 Å². The van der Waals surface area contributed by atoms with Gasteiger partial charge < -0.3 is 10.4 Å². The second-order valence-electron chi connectivity index (χ2n) is 6.34. The Morgan fingerprint density at radius 2 is 1.95 bits per heavy atom. The Morgan fingerprint density at radius 1 is 1.23 bits per heavy atom. The lowest BCUT2D eigenvalue weighted by Crippen LogP contribution is -2.41. The summed E-state index contributed by atoms with van der Waals surface area (Å²) in [7, 11) is 0. The second-order valence-corrected chi connectivity index (χ2v) is 6.34. The van der Waals surface area contributed by atoms with E-state index in [1.807, 2.05) is 18.2 Å². The zero-order valence-electron chi connectivity index (χ0n) is 12.8. The van der Waals surface area contributed by atoms with Crippen molar-refractivity contribution in [1.82, 2.24) is 10.2 Å². The van der Waals surface area contributed by atoms with Crippen molar-refractivity contribution >= 4 is 5.91 Å². The number of hydrogen-bond acceptors (Lipinski definition) is 3. The van der Waals surface area contributed by atoms with E-state index in [4.69, 9.17) is 0 Å². The molecule has 1 aliphatic heterocycles. The molecule has 1 amide bonds. The summed E-state index contributed by atoms with van der Waals surface area (Å²) in [5.41, 5.74) is 1.24. The molecule has 4 heteroatoms. The molecular weight excluding hydrogens is 276 g/mol. The topological polar surface area (TPSA) is 52.6 Å². The van der Waals surface area contributed by atoms with Gasteiger partial charge in [0.15, 0.2) is 0 Å². The average Bonchev–Trinajstić information content (AvgIpc) is 3.16. The lowest BCUT2D eigenvalue weighted by Gasteiger charge is -2.25. The van der Waals surface area contributed by atoms with Crippen LogP contribution in [0.25, 0.3) is 0 Å². The van der Waals surface area contributed by atoms with Crippen LogP contribution in [0.15, 0.2) is 42.5 Å². The van der Waals surface area contributed by atoms with Gasteiger partial charge in [0.2, 0.25) is 5.91 Å². The molecule has 1 aliphatic carbocycles. The van der Waals surface area contributed by atoms with Gasteiger partial charge in [0.25, 0.3) is 0 Å². The van der Waals surface area contributed by atoms with E-state index in [1.165, 1.54) is 5.56 Å². The molecule has 3 rings (SSSR count). The van der Waals surface area contributed by atoms with E-state index in [1.54, 1.807) is 0 Å². The number of benzene rings is 1. The number of amides is 1. The van der Waals surface area contributed by atoms with Crippen LogP contribution in [0.2, 0.25) is 0 Å². The number of aliphatic hydroxyl groups excluding tert-OH is 1. The van der Waals surface area contributed by atoms with Crippen molar-refractivity contribution in [1.29, 1.82) is 0 Å². The molecule has 1 saturated heterocycles. The number of allylic oxidation sites excluding steroid dienone is 2. The van der Waals surface area contributed by atoms with E-state index in [-0.39, 0.29) is 24.0 Å². The maximum Gasteiger partial charge on any atom is 0.223 e. The summed E-state index contributed by atoms with van der Waals surface area (Å²) in [5, 5.41) is 13.0. The minimum atomic E-state index is -0.293. The van der Waals surface area contributed by atoms with Crippen molar-refractivity contribution in [2.24, 2.45) is 5.92 Å². The molecular formula is C18H24N2O2. The summed E-state index contributed by atoms with van der Waals surface area (Å²) in [5.74, 6) is 0.250. The minimum absolute atomic E-state index is 0.105. The number of aliphatic hydroxyl groups is 1. The molecule has 2 unspecified atom stereocenters. The van der Waals surface area contributed by atoms with Crippen LogP contribution in [0.4, 0.5) is 0 Å². The SMILES string of the molecule is O=C(NCC1CC(O)CN1Cc1ccccc1)C1CC=CC1. The highest BCUT2D eigenvalue weighted by Gasteiger charge is 2.31. The second kappa shape index (κ2) is 7.07. The predicted octanol–water partition coefficient (Wildman–Crippen LogP) is 1.70. The molecule has 0 radical (unpaired) electrons. The molecule has 118 valence electrons. The maximum absolute atomic E-state index is 12.1. The number of likely N-dealkylation sites (tertiary alicyclic amines) is 1. The van der Waals surface area contributed by atoms with Gasteiger partial charge in [-0.2, -0.15) is 0 Å². The van der Waals surface area contributed by atoms with Gasteiger partial charge in [0.1, 0.15) is 0 Å². The molecule has 0 saturated carbocycles. The van der Waals surface area contributed by atoms with Gasteiger partial charge in [0.05, 0.1) is 6.10 Å². The fourth-order valence-electron chi connectivity index (χ4n) is 3.38. The summed E-state index contributed by atoms with van der Waals surface area (Å²) < 4.78 is 0. The number of nitrogens with zero attached hydrogens (tertiary/aromatic N) is 1. The molecule has 4 nitrogen and oxygen atoms in total. The maximum atomic E-state index is 12.1. The first-order chi connectivity index (χ1) is 10.7. The summed E-state index contributed by atoms with van der Waals surface area (Å²) in [6, 6.07) is 10.5.